The highest BCUT2D eigenvalue weighted by Crippen LogP contribution is 2.26. The van der Waals surface area contributed by atoms with E-state index in [1.54, 1.807) is 0 Å². The van der Waals surface area contributed by atoms with Gasteiger partial charge in [0.05, 0.1) is 12.7 Å². The zero-order valence-corrected chi connectivity index (χ0v) is 10.7. The van der Waals surface area contributed by atoms with E-state index in [4.69, 9.17) is 4.74 Å². The SMILES string of the molecule is C[C@H]1CN2C[C@H](O)CC2CN1CC1CCOC1. The molecule has 0 aromatic carbocycles. The van der Waals surface area contributed by atoms with E-state index in [1.165, 1.54) is 13.0 Å². The van der Waals surface area contributed by atoms with Gasteiger partial charge < -0.3 is 9.84 Å². The van der Waals surface area contributed by atoms with E-state index >= 15 is 0 Å². The molecule has 0 aromatic heterocycles. The number of rotatable bonds is 2. The van der Waals surface area contributed by atoms with Crippen LogP contribution >= 0.6 is 0 Å². The minimum Gasteiger partial charge on any atom is -0.392 e. The third kappa shape index (κ3) is 2.50. The van der Waals surface area contributed by atoms with E-state index in [0.717, 1.165) is 45.2 Å². The summed E-state index contributed by atoms with van der Waals surface area (Å²) < 4.78 is 5.46. The Bertz CT molecular complexity index is 268. The third-order valence-electron chi connectivity index (χ3n) is 4.59. The fourth-order valence-corrected chi connectivity index (χ4v) is 3.59. The van der Waals surface area contributed by atoms with Gasteiger partial charge in [0, 0.05) is 44.9 Å². The van der Waals surface area contributed by atoms with Gasteiger partial charge in [0.25, 0.3) is 0 Å². The standard InChI is InChI=1S/C13H24N2O2/c1-10-5-15-8-13(16)4-12(15)7-14(10)6-11-2-3-17-9-11/h10-13,16H,2-9H2,1H3/t10-,11?,12?,13+/m0/s1. The number of hydrogen-bond acceptors (Lipinski definition) is 4. The van der Waals surface area contributed by atoms with E-state index in [2.05, 4.69) is 16.7 Å². The number of aliphatic hydroxyl groups is 1. The monoisotopic (exact) mass is 240 g/mol. The second-order valence-corrected chi connectivity index (χ2v) is 6.03. The zero-order chi connectivity index (χ0) is 11.8. The van der Waals surface area contributed by atoms with Gasteiger partial charge in [-0.15, -0.1) is 0 Å². The second kappa shape index (κ2) is 4.84. The van der Waals surface area contributed by atoms with E-state index in [1.807, 2.05) is 0 Å². The lowest BCUT2D eigenvalue weighted by Gasteiger charge is -2.43. The molecule has 0 saturated carbocycles. The van der Waals surface area contributed by atoms with Crippen molar-refractivity contribution in [3.8, 4) is 0 Å². The van der Waals surface area contributed by atoms with Crippen LogP contribution in [-0.4, -0.2) is 72.5 Å². The Morgan fingerprint density at radius 1 is 1.29 bits per heavy atom. The molecule has 3 aliphatic heterocycles. The lowest BCUT2D eigenvalue weighted by Crippen LogP contribution is -2.55. The van der Waals surface area contributed by atoms with Crippen LogP contribution in [0.3, 0.4) is 0 Å². The summed E-state index contributed by atoms with van der Waals surface area (Å²) in [5.74, 6) is 0.732. The molecule has 1 N–H and O–H groups in total. The average Bonchev–Trinajstić information content (AvgIpc) is 2.87. The molecule has 4 heteroatoms. The molecule has 4 nitrogen and oxygen atoms in total. The molecule has 0 aromatic rings. The van der Waals surface area contributed by atoms with Crippen LogP contribution in [0.25, 0.3) is 0 Å². The number of fused-ring (bicyclic) bond motifs is 1. The van der Waals surface area contributed by atoms with Gasteiger partial charge in [-0.2, -0.15) is 0 Å². The number of aliphatic hydroxyl groups excluding tert-OH is 1. The highest BCUT2D eigenvalue weighted by atomic mass is 16.5. The summed E-state index contributed by atoms with van der Waals surface area (Å²) in [6, 6.07) is 1.21. The maximum Gasteiger partial charge on any atom is 0.0682 e. The van der Waals surface area contributed by atoms with Crippen molar-refractivity contribution in [3.63, 3.8) is 0 Å². The molecule has 3 aliphatic rings. The maximum atomic E-state index is 9.74. The van der Waals surface area contributed by atoms with Crippen molar-refractivity contribution in [2.75, 3.05) is 39.4 Å². The van der Waals surface area contributed by atoms with Crippen LogP contribution in [-0.2, 0) is 4.74 Å². The van der Waals surface area contributed by atoms with Crippen molar-refractivity contribution >= 4 is 0 Å². The van der Waals surface area contributed by atoms with Crippen LogP contribution < -0.4 is 0 Å². The van der Waals surface area contributed by atoms with Gasteiger partial charge in [-0.05, 0) is 25.7 Å². The lowest BCUT2D eigenvalue weighted by molar-refractivity contribution is 0.0452. The molecule has 4 atom stereocenters. The van der Waals surface area contributed by atoms with E-state index in [9.17, 15) is 5.11 Å². The predicted octanol–water partition coefficient (Wildman–Crippen LogP) is 0.162. The molecular formula is C13H24N2O2. The molecular weight excluding hydrogens is 216 g/mol. The fraction of sp³-hybridized carbons (Fsp3) is 1.00. The molecule has 0 amide bonds. The molecule has 3 rings (SSSR count). The zero-order valence-electron chi connectivity index (χ0n) is 10.7. The van der Waals surface area contributed by atoms with Gasteiger partial charge in [0.2, 0.25) is 0 Å². The van der Waals surface area contributed by atoms with Crippen molar-refractivity contribution in [1.29, 1.82) is 0 Å². The van der Waals surface area contributed by atoms with Crippen molar-refractivity contribution in [3.05, 3.63) is 0 Å². The Kier molecular flexibility index (Phi) is 3.39. The Hall–Kier alpha value is -0.160. The van der Waals surface area contributed by atoms with Crippen LogP contribution in [0.5, 0.6) is 0 Å². The molecule has 3 saturated heterocycles. The van der Waals surface area contributed by atoms with Crippen LogP contribution in [0.4, 0.5) is 0 Å². The van der Waals surface area contributed by atoms with E-state index < -0.39 is 0 Å². The topological polar surface area (TPSA) is 35.9 Å². The molecule has 0 aliphatic carbocycles. The Morgan fingerprint density at radius 3 is 2.94 bits per heavy atom. The molecule has 17 heavy (non-hydrogen) atoms. The quantitative estimate of drug-likeness (QED) is 0.746. The summed E-state index contributed by atoms with van der Waals surface area (Å²) in [5.41, 5.74) is 0. The second-order valence-electron chi connectivity index (χ2n) is 6.03. The molecule has 98 valence electrons. The van der Waals surface area contributed by atoms with Crippen molar-refractivity contribution in [2.45, 2.75) is 38.0 Å². The van der Waals surface area contributed by atoms with Crippen molar-refractivity contribution in [1.82, 2.24) is 9.80 Å². The normalized spacial score (nSPS) is 44.1. The average molecular weight is 240 g/mol. The minimum absolute atomic E-state index is 0.0954. The van der Waals surface area contributed by atoms with Gasteiger partial charge in [-0.3, -0.25) is 9.80 Å². The summed E-state index contributed by atoms with van der Waals surface area (Å²) in [7, 11) is 0. The van der Waals surface area contributed by atoms with Gasteiger partial charge in [-0.25, -0.2) is 0 Å². The maximum absolute atomic E-state index is 9.74. The summed E-state index contributed by atoms with van der Waals surface area (Å²) in [5, 5.41) is 9.74. The first-order valence-corrected chi connectivity index (χ1v) is 6.96. The summed E-state index contributed by atoms with van der Waals surface area (Å²) in [4.78, 5) is 5.08. The van der Waals surface area contributed by atoms with Gasteiger partial charge in [0.1, 0.15) is 0 Å². The molecule has 0 bridgehead atoms. The Balaban J connectivity index is 1.58. The van der Waals surface area contributed by atoms with Gasteiger partial charge >= 0.3 is 0 Å². The number of nitrogens with zero attached hydrogens (tertiary/aromatic N) is 2. The summed E-state index contributed by atoms with van der Waals surface area (Å²) >= 11 is 0. The van der Waals surface area contributed by atoms with E-state index in [0.29, 0.717) is 12.1 Å². The molecule has 3 fully saturated rings. The van der Waals surface area contributed by atoms with Crippen molar-refractivity contribution in [2.24, 2.45) is 5.92 Å². The van der Waals surface area contributed by atoms with Crippen molar-refractivity contribution < 1.29 is 9.84 Å². The van der Waals surface area contributed by atoms with Crippen LogP contribution in [0.15, 0.2) is 0 Å². The molecule has 0 spiro atoms. The number of ether oxygens (including phenoxy) is 1. The molecule has 0 radical (unpaired) electrons. The third-order valence-corrected chi connectivity index (χ3v) is 4.59. The smallest absolute Gasteiger partial charge is 0.0682 e. The first-order chi connectivity index (χ1) is 8.22. The van der Waals surface area contributed by atoms with Gasteiger partial charge in [0.15, 0.2) is 0 Å². The number of hydrogen-bond donors (Lipinski definition) is 1. The van der Waals surface area contributed by atoms with E-state index in [-0.39, 0.29) is 6.10 Å². The number of piperazine rings is 1. The summed E-state index contributed by atoms with van der Waals surface area (Å²) in [6.45, 7) is 8.53. The largest absolute Gasteiger partial charge is 0.392 e. The van der Waals surface area contributed by atoms with Crippen LogP contribution in [0, 0.1) is 5.92 Å². The van der Waals surface area contributed by atoms with Crippen LogP contribution in [0.1, 0.15) is 19.8 Å². The minimum atomic E-state index is -0.0954. The Morgan fingerprint density at radius 2 is 2.18 bits per heavy atom. The summed E-state index contributed by atoms with van der Waals surface area (Å²) in [6.07, 6.45) is 2.09. The fourth-order valence-electron chi connectivity index (χ4n) is 3.59. The highest BCUT2D eigenvalue weighted by Gasteiger charge is 2.38. The highest BCUT2D eigenvalue weighted by molar-refractivity contribution is 4.94. The van der Waals surface area contributed by atoms with Gasteiger partial charge in [-0.1, -0.05) is 0 Å². The first kappa shape index (κ1) is 11.9. The predicted molar refractivity (Wildman–Crippen MR) is 65.9 cm³/mol. The molecule has 3 heterocycles. The first-order valence-electron chi connectivity index (χ1n) is 6.96. The lowest BCUT2D eigenvalue weighted by atomic mass is 10.0. The molecule has 2 unspecified atom stereocenters. The Labute approximate surface area is 104 Å². The van der Waals surface area contributed by atoms with Crippen LogP contribution in [0.2, 0.25) is 0 Å².